The normalized spacial score (nSPS) is 11.4. The van der Waals surface area contributed by atoms with Gasteiger partial charge < -0.3 is 19.5 Å². The summed E-state index contributed by atoms with van der Waals surface area (Å²) < 4.78 is 16.9. The molecule has 1 unspecified atom stereocenters. The van der Waals surface area contributed by atoms with Crippen molar-refractivity contribution in [2.24, 2.45) is 0 Å². The van der Waals surface area contributed by atoms with E-state index in [-0.39, 0.29) is 31.1 Å². The molecular formula is C19H30ClNO4. The van der Waals surface area contributed by atoms with E-state index in [1.807, 2.05) is 45.0 Å². The highest BCUT2D eigenvalue weighted by molar-refractivity contribution is 5.85. The first-order chi connectivity index (χ1) is 11.6. The minimum absolute atomic E-state index is 0. The topological polar surface area (TPSA) is 56.8 Å². The minimum Gasteiger partial charge on any atom is -0.486 e. The van der Waals surface area contributed by atoms with Crippen molar-refractivity contribution in [2.75, 3.05) is 19.8 Å². The number of ether oxygens (including phenoxy) is 3. The SMILES string of the molecule is C=CCOc1ccccc1OCC(CNC(C)C)OC(=O)CCC.Cl. The number of para-hydroxylation sites is 2. The molecule has 0 saturated carbocycles. The van der Waals surface area contributed by atoms with Crippen LogP contribution >= 0.6 is 12.4 Å². The average Bonchev–Trinajstić information content (AvgIpc) is 2.56. The molecule has 0 amide bonds. The van der Waals surface area contributed by atoms with E-state index in [1.165, 1.54) is 0 Å². The van der Waals surface area contributed by atoms with Crippen LogP contribution in [0.2, 0.25) is 0 Å². The number of nitrogens with one attached hydrogen (secondary N) is 1. The smallest absolute Gasteiger partial charge is 0.306 e. The zero-order valence-corrected chi connectivity index (χ0v) is 16.1. The van der Waals surface area contributed by atoms with Gasteiger partial charge in [0.15, 0.2) is 11.5 Å². The van der Waals surface area contributed by atoms with E-state index >= 15 is 0 Å². The molecule has 0 heterocycles. The fraction of sp³-hybridized carbons (Fsp3) is 0.526. The first kappa shape index (κ1) is 23.3. The summed E-state index contributed by atoms with van der Waals surface area (Å²) in [5, 5.41) is 3.28. The van der Waals surface area contributed by atoms with Gasteiger partial charge in [-0.15, -0.1) is 12.4 Å². The number of carbonyl (C=O) groups is 1. The highest BCUT2D eigenvalue weighted by Gasteiger charge is 2.16. The maximum atomic E-state index is 11.8. The van der Waals surface area contributed by atoms with E-state index in [9.17, 15) is 4.79 Å². The molecular weight excluding hydrogens is 342 g/mol. The van der Waals surface area contributed by atoms with Gasteiger partial charge in [0.2, 0.25) is 0 Å². The molecule has 1 rings (SSSR count). The molecule has 0 radical (unpaired) electrons. The molecule has 142 valence electrons. The summed E-state index contributed by atoms with van der Waals surface area (Å²) in [4.78, 5) is 11.8. The van der Waals surface area contributed by atoms with Crippen LogP contribution in [0, 0.1) is 0 Å². The lowest BCUT2D eigenvalue weighted by molar-refractivity contribution is -0.150. The number of benzene rings is 1. The lowest BCUT2D eigenvalue weighted by Gasteiger charge is -2.21. The predicted molar refractivity (Wildman–Crippen MR) is 103 cm³/mol. The number of carbonyl (C=O) groups excluding carboxylic acids is 1. The van der Waals surface area contributed by atoms with Gasteiger partial charge in [-0.05, 0) is 18.6 Å². The van der Waals surface area contributed by atoms with Gasteiger partial charge in [-0.2, -0.15) is 0 Å². The monoisotopic (exact) mass is 371 g/mol. The fourth-order valence-corrected chi connectivity index (χ4v) is 1.97. The van der Waals surface area contributed by atoms with Crippen molar-refractivity contribution in [2.45, 2.75) is 45.8 Å². The zero-order valence-electron chi connectivity index (χ0n) is 15.3. The van der Waals surface area contributed by atoms with Gasteiger partial charge in [-0.3, -0.25) is 4.79 Å². The van der Waals surface area contributed by atoms with Crippen LogP contribution in [0.1, 0.15) is 33.6 Å². The Morgan fingerprint density at radius 3 is 2.44 bits per heavy atom. The van der Waals surface area contributed by atoms with Crippen molar-refractivity contribution in [3.05, 3.63) is 36.9 Å². The van der Waals surface area contributed by atoms with Gasteiger partial charge in [0.1, 0.15) is 19.3 Å². The fourth-order valence-electron chi connectivity index (χ4n) is 1.97. The molecule has 0 fully saturated rings. The summed E-state index contributed by atoms with van der Waals surface area (Å²) in [7, 11) is 0. The highest BCUT2D eigenvalue weighted by atomic mass is 35.5. The van der Waals surface area contributed by atoms with Crippen molar-refractivity contribution in [1.29, 1.82) is 0 Å². The minimum atomic E-state index is -0.348. The molecule has 0 aliphatic carbocycles. The molecule has 1 atom stereocenters. The van der Waals surface area contributed by atoms with E-state index in [1.54, 1.807) is 6.08 Å². The van der Waals surface area contributed by atoms with Crippen LogP contribution in [0.5, 0.6) is 11.5 Å². The van der Waals surface area contributed by atoms with Crippen LogP contribution in [0.15, 0.2) is 36.9 Å². The van der Waals surface area contributed by atoms with Crippen LogP contribution in [0.3, 0.4) is 0 Å². The van der Waals surface area contributed by atoms with Gasteiger partial charge in [-0.25, -0.2) is 0 Å². The molecule has 0 aliphatic heterocycles. The molecule has 25 heavy (non-hydrogen) atoms. The number of hydrogen-bond donors (Lipinski definition) is 1. The lowest BCUT2D eigenvalue weighted by Crippen LogP contribution is -2.38. The van der Waals surface area contributed by atoms with E-state index in [0.29, 0.717) is 37.1 Å². The number of esters is 1. The largest absolute Gasteiger partial charge is 0.486 e. The van der Waals surface area contributed by atoms with E-state index < -0.39 is 0 Å². The van der Waals surface area contributed by atoms with Gasteiger partial charge >= 0.3 is 5.97 Å². The third-order valence-corrected chi connectivity index (χ3v) is 3.14. The maximum absolute atomic E-state index is 11.8. The maximum Gasteiger partial charge on any atom is 0.306 e. The van der Waals surface area contributed by atoms with Gasteiger partial charge in [0.25, 0.3) is 0 Å². The Labute approximate surface area is 157 Å². The van der Waals surface area contributed by atoms with Crippen LogP contribution in [-0.2, 0) is 9.53 Å². The highest BCUT2D eigenvalue weighted by Crippen LogP contribution is 2.26. The Hall–Kier alpha value is -1.72. The summed E-state index contributed by atoms with van der Waals surface area (Å²) in [5.41, 5.74) is 0. The molecule has 5 nitrogen and oxygen atoms in total. The Kier molecular flexibility index (Phi) is 12.6. The Morgan fingerprint density at radius 1 is 1.24 bits per heavy atom. The van der Waals surface area contributed by atoms with Gasteiger partial charge in [0.05, 0.1) is 0 Å². The van der Waals surface area contributed by atoms with Crippen molar-refractivity contribution in [3.8, 4) is 11.5 Å². The summed E-state index contributed by atoms with van der Waals surface area (Å²) in [6, 6.07) is 7.73. The second-order valence-corrected chi connectivity index (χ2v) is 5.78. The molecule has 1 aromatic carbocycles. The molecule has 6 heteroatoms. The Bertz CT molecular complexity index is 508. The van der Waals surface area contributed by atoms with Crippen molar-refractivity contribution in [3.63, 3.8) is 0 Å². The van der Waals surface area contributed by atoms with E-state index in [4.69, 9.17) is 14.2 Å². The summed E-state index contributed by atoms with van der Waals surface area (Å²) >= 11 is 0. The van der Waals surface area contributed by atoms with Crippen LogP contribution in [0.25, 0.3) is 0 Å². The molecule has 0 saturated heterocycles. The lowest BCUT2D eigenvalue weighted by atomic mass is 10.3. The number of halogens is 1. The van der Waals surface area contributed by atoms with Gasteiger partial charge in [0, 0.05) is 19.0 Å². The van der Waals surface area contributed by atoms with E-state index in [0.717, 1.165) is 6.42 Å². The Morgan fingerprint density at radius 2 is 1.88 bits per heavy atom. The van der Waals surface area contributed by atoms with Crippen molar-refractivity contribution < 1.29 is 19.0 Å². The molecule has 1 aromatic rings. The third kappa shape index (κ3) is 9.99. The average molecular weight is 372 g/mol. The summed E-state index contributed by atoms with van der Waals surface area (Å²) in [6.07, 6.45) is 2.51. The predicted octanol–water partition coefficient (Wildman–Crippen LogP) is 3.76. The second kappa shape index (κ2) is 13.6. The van der Waals surface area contributed by atoms with Gasteiger partial charge in [-0.1, -0.05) is 45.6 Å². The first-order valence-corrected chi connectivity index (χ1v) is 8.45. The third-order valence-electron chi connectivity index (χ3n) is 3.14. The van der Waals surface area contributed by atoms with Crippen LogP contribution in [0.4, 0.5) is 0 Å². The molecule has 0 aliphatic rings. The van der Waals surface area contributed by atoms with Crippen LogP contribution < -0.4 is 14.8 Å². The van der Waals surface area contributed by atoms with Crippen molar-refractivity contribution >= 4 is 18.4 Å². The summed E-state index contributed by atoms with van der Waals surface area (Å²) in [5.74, 6) is 1.07. The number of hydrogen-bond acceptors (Lipinski definition) is 5. The number of rotatable bonds is 12. The second-order valence-electron chi connectivity index (χ2n) is 5.78. The van der Waals surface area contributed by atoms with E-state index in [2.05, 4.69) is 11.9 Å². The first-order valence-electron chi connectivity index (χ1n) is 8.45. The molecule has 1 N–H and O–H groups in total. The zero-order chi connectivity index (χ0) is 17.8. The van der Waals surface area contributed by atoms with Crippen molar-refractivity contribution in [1.82, 2.24) is 5.32 Å². The van der Waals surface area contributed by atoms with Crippen LogP contribution in [-0.4, -0.2) is 37.9 Å². The molecule has 0 aromatic heterocycles. The summed E-state index contributed by atoms with van der Waals surface area (Å²) in [6.45, 7) is 10.9. The standard InChI is InChI=1S/C19H29NO4.ClH/c1-5-9-19(21)24-16(13-20-15(3)4)14-23-18-11-8-7-10-17(18)22-12-6-2;/h6-8,10-11,15-16,20H,2,5,9,12-14H2,1,3-4H3;1H. The molecule has 0 spiro atoms. The Balaban J connectivity index is 0.00000576. The quantitative estimate of drug-likeness (QED) is 0.448. The molecule has 0 bridgehead atoms.